The molecule has 1 aliphatic heterocycles. The molecule has 0 bridgehead atoms. The molecule has 0 amide bonds. The molecule has 0 spiro atoms. The molecule has 1 unspecified atom stereocenters. The van der Waals surface area contributed by atoms with Gasteiger partial charge in [0, 0.05) is 60.4 Å². The average Bonchev–Trinajstić information content (AvgIpc) is 2.84. The van der Waals surface area contributed by atoms with Crippen LogP contribution in [0, 0.1) is 0 Å². The molecule has 168 valence electrons. The Balaban J connectivity index is 1.35. The van der Waals surface area contributed by atoms with Gasteiger partial charge in [-0.25, -0.2) is 9.97 Å². The number of hydrogen-bond donors (Lipinski definition) is 3. The fourth-order valence-electron chi connectivity index (χ4n) is 4.29. The largest absolute Gasteiger partial charge is 0.399 e. The van der Waals surface area contributed by atoms with E-state index >= 15 is 0 Å². The highest BCUT2D eigenvalue weighted by molar-refractivity contribution is 5.94. The molecule has 7 heteroatoms. The first-order valence-electron chi connectivity index (χ1n) is 11.2. The van der Waals surface area contributed by atoms with Crippen molar-refractivity contribution >= 4 is 33.9 Å². The number of para-hydroxylation sites is 1. The van der Waals surface area contributed by atoms with Gasteiger partial charge in [-0.1, -0.05) is 30.3 Å². The summed E-state index contributed by atoms with van der Waals surface area (Å²) in [4.78, 5) is 13.7. The third kappa shape index (κ3) is 4.60. The van der Waals surface area contributed by atoms with Crippen molar-refractivity contribution in [2.75, 3.05) is 42.1 Å². The number of nitrogen functional groups attached to an aromatic ring is 1. The van der Waals surface area contributed by atoms with Gasteiger partial charge in [-0.05, 0) is 48.9 Å². The lowest BCUT2D eigenvalue weighted by Crippen LogP contribution is -2.49. The van der Waals surface area contributed by atoms with Crippen LogP contribution in [0.2, 0.25) is 0 Å². The minimum absolute atomic E-state index is 0.388. The lowest BCUT2D eigenvalue weighted by Gasteiger charge is -2.37. The Morgan fingerprint density at radius 3 is 2.45 bits per heavy atom. The lowest BCUT2D eigenvalue weighted by atomic mass is 10.0. The zero-order valence-corrected chi connectivity index (χ0v) is 18.6. The van der Waals surface area contributed by atoms with Gasteiger partial charge in [-0.15, -0.1) is 0 Å². The number of nitrogens with two attached hydrogens (primary N) is 1. The normalized spacial score (nSPS) is 15.5. The van der Waals surface area contributed by atoms with Gasteiger partial charge in [-0.3, -0.25) is 4.90 Å². The molecule has 1 fully saturated rings. The van der Waals surface area contributed by atoms with E-state index in [4.69, 9.17) is 10.7 Å². The molecule has 5 rings (SSSR count). The lowest BCUT2D eigenvalue weighted by molar-refractivity contribution is 0.0153. The molecular weight excluding hydrogens is 412 g/mol. The molecule has 0 radical (unpaired) electrons. The molecule has 1 saturated heterocycles. The van der Waals surface area contributed by atoms with Gasteiger partial charge in [0.25, 0.3) is 0 Å². The van der Waals surface area contributed by atoms with Crippen molar-refractivity contribution in [3.63, 3.8) is 0 Å². The number of anilines is 4. The Morgan fingerprint density at radius 1 is 0.970 bits per heavy atom. The molecule has 3 aromatic carbocycles. The highest BCUT2D eigenvalue weighted by Gasteiger charge is 2.19. The van der Waals surface area contributed by atoms with E-state index in [1.807, 2.05) is 61.7 Å². The first kappa shape index (κ1) is 21.2. The number of nitrogens with one attached hydrogen (secondary N) is 1. The Labute approximate surface area is 193 Å². The first-order chi connectivity index (χ1) is 16.1. The molecule has 1 aliphatic rings. The van der Waals surface area contributed by atoms with E-state index in [2.05, 4.69) is 38.3 Å². The summed E-state index contributed by atoms with van der Waals surface area (Å²) in [5, 5.41) is 14.1. The van der Waals surface area contributed by atoms with E-state index in [1.54, 1.807) is 0 Å². The summed E-state index contributed by atoms with van der Waals surface area (Å²) in [6.45, 7) is 5.34. The van der Waals surface area contributed by atoms with E-state index < -0.39 is 0 Å². The van der Waals surface area contributed by atoms with Crippen molar-refractivity contribution in [3.8, 4) is 11.1 Å². The summed E-state index contributed by atoms with van der Waals surface area (Å²) >= 11 is 0. The second-order valence-corrected chi connectivity index (χ2v) is 8.39. The molecule has 2 heterocycles. The fraction of sp³-hybridized carbons (Fsp3) is 0.231. The van der Waals surface area contributed by atoms with Gasteiger partial charge in [-0.2, -0.15) is 0 Å². The Morgan fingerprint density at radius 2 is 1.73 bits per heavy atom. The molecule has 4 aromatic rings. The van der Waals surface area contributed by atoms with E-state index in [1.165, 1.54) is 5.69 Å². The van der Waals surface area contributed by atoms with Crippen molar-refractivity contribution in [2.24, 2.45) is 0 Å². The molecule has 1 atom stereocenters. The second kappa shape index (κ2) is 9.05. The Kier molecular flexibility index (Phi) is 5.81. The van der Waals surface area contributed by atoms with Crippen molar-refractivity contribution < 1.29 is 5.11 Å². The van der Waals surface area contributed by atoms with Gasteiger partial charge in [0.05, 0.1) is 5.52 Å². The zero-order valence-electron chi connectivity index (χ0n) is 18.6. The van der Waals surface area contributed by atoms with Crippen molar-refractivity contribution in [1.82, 2.24) is 14.9 Å². The maximum absolute atomic E-state index is 9.75. The predicted octanol–water partition coefficient (Wildman–Crippen LogP) is 4.08. The number of fused-ring (bicyclic) bond motifs is 1. The summed E-state index contributed by atoms with van der Waals surface area (Å²) in [6.07, 6.45) is 1.46. The standard InChI is InChI=1S/C26H28N6O/c1-18(33)31-12-14-32(15-13-31)23-10-8-22(9-11-23)29-26-28-17-20-5-3-7-24(25(20)30-26)19-4-2-6-21(27)16-19/h2-11,16-18,33H,12-15,27H2,1H3,(H,28,29,30). The van der Waals surface area contributed by atoms with E-state index in [0.717, 1.165) is 59.6 Å². The van der Waals surface area contributed by atoms with Gasteiger partial charge < -0.3 is 21.1 Å². The highest BCUT2D eigenvalue weighted by Crippen LogP contribution is 2.29. The minimum atomic E-state index is -0.388. The molecule has 7 nitrogen and oxygen atoms in total. The quantitative estimate of drug-likeness (QED) is 0.403. The smallest absolute Gasteiger partial charge is 0.227 e. The van der Waals surface area contributed by atoms with E-state index in [0.29, 0.717) is 5.95 Å². The highest BCUT2D eigenvalue weighted by atomic mass is 16.3. The van der Waals surface area contributed by atoms with Crippen LogP contribution in [0.1, 0.15) is 6.92 Å². The number of nitrogens with zero attached hydrogens (tertiary/aromatic N) is 4. The van der Waals surface area contributed by atoms with Crippen LogP contribution in [-0.4, -0.2) is 52.4 Å². The van der Waals surface area contributed by atoms with Crippen LogP contribution in [0.15, 0.2) is 72.9 Å². The third-order valence-electron chi connectivity index (χ3n) is 6.14. The maximum Gasteiger partial charge on any atom is 0.227 e. The molecule has 1 aromatic heterocycles. The third-order valence-corrected chi connectivity index (χ3v) is 6.14. The summed E-state index contributed by atoms with van der Waals surface area (Å²) in [5.41, 5.74) is 11.8. The van der Waals surface area contributed by atoms with Crippen LogP contribution in [0.3, 0.4) is 0 Å². The van der Waals surface area contributed by atoms with E-state index in [9.17, 15) is 5.11 Å². The molecule has 33 heavy (non-hydrogen) atoms. The SMILES string of the molecule is CC(O)N1CCN(c2ccc(Nc3ncc4cccc(-c5cccc(N)c5)c4n3)cc2)CC1. The molecule has 0 aliphatic carbocycles. The number of aliphatic hydroxyl groups excluding tert-OH is 1. The summed E-state index contributed by atoms with van der Waals surface area (Å²) in [5.74, 6) is 0.553. The van der Waals surface area contributed by atoms with E-state index in [-0.39, 0.29) is 6.23 Å². The van der Waals surface area contributed by atoms with Gasteiger partial charge in [0.2, 0.25) is 5.95 Å². The second-order valence-electron chi connectivity index (χ2n) is 8.39. The topological polar surface area (TPSA) is 90.5 Å². The van der Waals surface area contributed by atoms with Crippen LogP contribution in [0.5, 0.6) is 0 Å². The monoisotopic (exact) mass is 440 g/mol. The van der Waals surface area contributed by atoms with Gasteiger partial charge >= 0.3 is 0 Å². The van der Waals surface area contributed by atoms with Crippen LogP contribution in [0.4, 0.5) is 23.0 Å². The van der Waals surface area contributed by atoms with Gasteiger partial charge in [0.1, 0.15) is 6.23 Å². The number of hydrogen-bond acceptors (Lipinski definition) is 7. The van der Waals surface area contributed by atoms with Crippen molar-refractivity contribution in [3.05, 3.63) is 72.9 Å². The minimum Gasteiger partial charge on any atom is -0.399 e. The number of benzene rings is 3. The molecule has 0 saturated carbocycles. The summed E-state index contributed by atoms with van der Waals surface area (Å²) in [6, 6.07) is 22.2. The molecular formula is C26H28N6O. The van der Waals surface area contributed by atoms with Crippen molar-refractivity contribution in [2.45, 2.75) is 13.2 Å². The number of aromatic nitrogens is 2. The maximum atomic E-state index is 9.75. The summed E-state index contributed by atoms with van der Waals surface area (Å²) < 4.78 is 0. The number of rotatable bonds is 5. The molecule has 4 N–H and O–H groups in total. The fourth-order valence-corrected chi connectivity index (χ4v) is 4.29. The van der Waals surface area contributed by atoms with Crippen LogP contribution in [-0.2, 0) is 0 Å². The van der Waals surface area contributed by atoms with Crippen LogP contribution in [0.25, 0.3) is 22.0 Å². The average molecular weight is 441 g/mol. The van der Waals surface area contributed by atoms with Crippen LogP contribution >= 0.6 is 0 Å². The predicted molar refractivity (Wildman–Crippen MR) is 135 cm³/mol. The summed E-state index contributed by atoms with van der Waals surface area (Å²) in [7, 11) is 0. The Bertz CT molecular complexity index is 1250. The van der Waals surface area contributed by atoms with Gasteiger partial charge in [0.15, 0.2) is 0 Å². The number of aliphatic hydroxyl groups is 1. The van der Waals surface area contributed by atoms with Crippen LogP contribution < -0.4 is 16.0 Å². The Hall–Kier alpha value is -3.68. The van der Waals surface area contributed by atoms with Crippen molar-refractivity contribution in [1.29, 1.82) is 0 Å². The number of piperazine rings is 1. The zero-order chi connectivity index (χ0) is 22.8. The first-order valence-corrected chi connectivity index (χ1v) is 11.2.